The summed E-state index contributed by atoms with van der Waals surface area (Å²) in [5, 5.41) is 3.04. The van der Waals surface area contributed by atoms with Crippen LogP contribution in [0.1, 0.15) is 26.7 Å². The number of anilines is 1. The van der Waals surface area contributed by atoms with E-state index in [-0.39, 0.29) is 10.9 Å². The van der Waals surface area contributed by atoms with Gasteiger partial charge in [0.15, 0.2) is 0 Å². The van der Waals surface area contributed by atoms with Crippen molar-refractivity contribution in [1.29, 1.82) is 0 Å². The molecule has 0 bridgehead atoms. The predicted molar refractivity (Wildman–Crippen MR) is 71.0 cm³/mol. The van der Waals surface area contributed by atoms with Crippen LogP contribution in [-0.2, 0) is 10.0 Å². The van der Waals surface area contributed by atoms with Crippen LogP contribution in [0.4, 0.5) is 5.82 Å². The van der Waals surface area contributed by atoms with Crippen molar-refractivity contribution >= 4 is 15.8 Å². The molecule has 0 radical (unpaired) electrons. The Bertz CT molecular complexity index is 495. The van der Waals surface area contributed by atoms with E-state index in [1.54, 1.807) is 16.4 Å². The molecule has 1 aliphatic rings. The van der Waals surface area contributed by atoms with Crippen molar-refractivity contribution in [2.24, 2.45) is 0 Å². The summed E-state index contributed by atoms with van der Waals surface area (Å²) in [6.45, 7) is 5.12. The van der Waals surface area contributed by atoms with Gasteiger partial charge in [0.1, 0.15) is 10.7 Å². The molecule has 2 rings (SSSR count). The second-order valence-corrected chi connectivity index (χ2v) is 6.24. The first kappa shape index (κ1) is 13.3. The van der Waals surface area contributed by atoms with Crippen LogP contribution in [0.3, 0.4) is 0 Å². The number of hydrogen-bond acceptors (Lipinski definition) is 4. The van der Waals surface area contributed by atoms with Gasteiger partial charge in [-0.3, -0.25) is 0 Å². The van der Waals surface area contributed by atoms with E-state index in [9.17, 15) is 8.42 Å². The molecule has 18 heavy (non-hydrogen) atoms. The summed E-state index contributed by atoms with van der Waals surface area (Å²) in [7, 11) is -3.38. The van der Waals surface area contributed by atoms with E-state index in [0.717, 1.165) is 19.4 Å². The minimum atomic E-state index is -3.38. The summed E-state index contributed by atoms with van der Waals surface area (Å²) in [5.41, 5.74) is 0. The van der Waals surface area contributed by atoms with Crippen molar-refractivity contribution in [3.05, 3.63) is 18.3 Å². The lowest BCUT2D eigenvalue weighted by atomic mass is 10.4. The highest BCUT2D eigenvalue weighted by Crippen LogP contribution is 2.31. The quantitative estimate of drug-likeness (QED) is 0.853. The van der Waals surface area contributed by atoms with Gasteiger partial charge in [-0.2, -0.15) is 4.31 Å². The first-order chi connectivity index (χ1) is 8.59. The fourth-order valence-corrected chi connectivity index (χ4v) is 3.58. The fourth-order valence-electron chi connectivity index (χ4n) is 1.94. The molecule has 1 aromatic heterocycles. The average Bonchev–Trinajstić information content (AvgIpc) is 3.15. The molecule has 0 amide bonds. The lowest BCUT2D eigenvalue weighted by Crippen LogP contribution is -2.32. The molecule has 5 nitrogen and oxygen atoms in total. The average molecular weight is 269 g/mol. The standard InChI is InChI=1S/C12H19N3O2S/c1-3-13-12-8-7-11(9-14-12)18(16,17)15(4-2)10-5-6-10/h7-10H,3-6H2,1-2H3,(H,13,14). The lowest BCUT2D eigenvalue weighted by Gasteiger charge is -2.19. The molecule has 0 aromatic carbocycles. The maximum absolute atomic E-state index is 12.4. The number of pyridine rings is 1. The molecule has 100 valence electrons. The molecule has 0 atom stereocenters. The molecule has 1 saturated carbocycles. The number of aromatic nitrogens is 1. The Morgan fingerprint density at radius 1 is 1.39 bits per heavy atom. The van der Waals surface area contributed by atoms with Gasteiger partial charge in [-0.1, -0.05) is 6.92 Å². The Balaban J connectivity index is 2.23. The van der Waals surface area contributed by atoms with Crippen LogP contribution in [0.25, 0.3) is 0 Å². The van der Waals surface area contributed by atoms with Crippen molar-refractivity contribution in [3.8, 4) is 0 Å². The second-order valence-electron chi connectivity index (χ2n) is 4.35. The molecule has 0 unspecified atom stereocenters. The van der Waals surface area contributed by atoms with E-state index < -0.39 is 10.0 Å². The predicted octanol–water partition coefficient (Wildman–Crippen LogP) is 1.69. The van der Waals surface area contributed by atoms with Crippen LogP contribution in [-0.4, -0.2) is 36.8 Å². The molecule has 1 N–H and O–H groups in total. The molecule has 0 aliphatic heterocycles. The minimum absolute atomic E-state index is 0.188. The molecule has 0 saturated heterocycles. The monoisotopic (exact) mass is 269 g/mol. The van der Waals surface area contributed by atoms with Crippen LogP contribution in [0.15, 0.2) is 23.2 Å². The van der Waals surface area contributed by atoms with E-state index in [0.29, 0.717) is 12.4 Å². The Kier molecular flexibility index (Phi) is 3.87. The normalized spacial score (nSPS) is 15.9. The molecular weight excluding hydrogens is 250 g/mol. The van der Waals surface area contributed by atoms with E-state index in [4.69, 9.17) is 0 Å². The fraction of sp³-hybridized carbons (Fsp3) is 0.583. The van der Waals surface area contributed by atoms with Gasteiger partial charge in [0, 0.05) is 25.3 Å². The van der Waals surface area contributed by atoms with Gasteiger partial charge in [0.25, 0.3) is 0 Å². The van der Waals surface area contributed by atoms with Gasteiger partial charge >= 0.3 is 0 Å². The number of nitrogens with zero attached hydrogens (tertiary/aromatic N) is 2. The third kappa shape index (κ3) is 2.64. The van der Waals surface area contributed by atoms with Crippen molar-refractivity contribution in [2.75, 3.05) is 18.4 Å². The zero-order chi connectivity index (χ0) is 13.2. The van der Waals surface area contributed by atoms with Crippen LogP contribution >= 0.6 is 0 Å². The van der Waals surface area contributed by atoms with E-state index in [1.807, 2.05) is 13.8 Å². The molecule has 0 spiro atoms. The van der Waals surface area contributed by atoms with Crippen molar-refractivity contribution in [3.63, 3.8) is 0 Å². The SMILES string of the molecule is CCNc1ccc(S(=O)(=O)N(CC)C2CC2)cn1. The maximum atomic E-state index is 12.4. The summed E-state index contributed by atoms with van der Waals surface area (Å²) in [4.78, 5) is 4.39. The smallest absolute Gasteiger partial charge is 0.244 e. The van der Waals surface area contributed by atoms with E-state index >= 15 is 0 Å². The summed E-state index contributed by atoms with van der Waals surface area (Å²) >= 11 is 0. The van der Waals surface area contributed by atoms with E-state index in [1.165, 1.54) is 6.20 Å². The molecule has 1 fully saturated rings. The number of sulfonamides is 1. The molecular formula is C12H19N3O2S. The van der Waals surface area contributed by atoms with Gasteiger partial charge in [-0.05, 0) is 31.9 Å². The Labute approximate surface area is 108 Å². The minimum Gasteiger partial charge on any atom is -0.370 e. The maximum Gasteiger partial charge on any atom is 0.244 e. The van der Waals surface area contributed by atoms with Crippen LogP contribution in [0.2, 0.25) is 0 Å². The second kappa shape index (κ2) is 5.24. The first-order valence-corrected chi connectivity index (χ1v) is 7.75. The zero-order valence-corrected chi connectivity index (χ0v) is 11.6. The van der Waals surface area contributed by atoms with Crippen molar-refractivity contribution in [1.82, 2.24) is 9.29 Å². The summed E-state index contributed by atoms with van der Waals surface area (Å²) in [6.07, 6.45) is 3.37. The van der Waals surface area contributed by atoms with Crippen LogP contribution < -0.4 is 5.32 Å². The van der Waals surface area contributed by atoms with E-state index in [2.05, 4.69) is 10.3 Å². The molecule has 1 aliphatic carbocycles. The largest absolute Gasteiger partial charge is 0.370 e. The third-order valence-corrected chi connectivity index (χ3v) is 4.98. The van der Waals surface area contributed by atoms with Gasteiger partial charge < -0.3 is 5.32 Å². The number of hydrogen-bond donors (Lipinski definition) is 1. The first-order valence-electron chi connectivity index (χ1n) is 6.31. The van der Waals surface area contributed by atoms with Crippen molar-refractivity contribution < 1.29 is 8.42 Å². The number of nitrogens with one attached hydrogen (secondary N) is 1. The summed E-state index contributed by atoms with van der Waals surface area (Å²) in [6, 6.07) is 3.51. The molecule has 1 heterocycles. The van der Waals surface area contributed by atoms with Gasteiger partial charge in [0.05, 0.1) is 0 Å². The Morgan fingerprint density at radius 2 is 2.11 bits per heavy atom. The topological polar surface area (TPSA) is 62.3 Å². The highest BCUT2D eigenvalue weighted by molar-refractivity contribution is 7.89. The Hall–Kier alpha value is -1.14. The van der Waals surface area contributed by atoms with Gasteiger partial charge in [-0.15, -0.1) is 0 Å². The van der Waals surface area contributed by atoms with Gasteiger partial charge in [0.2, 0.25) is 10.0 Å². The van der Waals surface area contributed by atoms with Crippen LogP contribution in [0.5, 0.6) is 0 Å². The van der Waals surface area contributed by atoms with Crippen molar-refractivity contribution in [2.45, 2.75) is 37.6 Å². The van der Waals surface area contributed by atoms with Crippen LogP contribution in [0, 0.1) is 0 Å². The third-order valence-electron chi connectivity index (χ3n) is 2.97. The Morgan fingerprint density at radius 3 is 2.56 bits per heavy atom. The summed E-state index contributed by atoms with van der Waals surface area (Å²) < 4.78 is 26.3. The zero-order valence-electron chi connectivity index (χ0n) is 10.8. The highest BCUT2D eigenvalue weighted by atomic mass is 32.2. The molecule has 1 aromatic rings. The lowest BCUT2D eigenvalue weighted by molar-refractivity contribution is 0.421. The van der Waals surface area contributed by atoms with Gasteiger partial charge in [-0.25, -0.2) is 13.4 Å². The number of rotatable bonds is 6. The molecule has 6 heteroatoms. The highest BCUT2D eigenvalue weighted by Gasteiger charge is 2.36. The summed E-state index contributed by atoms with van der Waals surface area (Å²) in [5.74, 6) is 0.700.